The zero-order valence-corrected chi connectivity index (χ0v) is 12.6. The number of carbonyl (C=O) groups is 1. The second-order valence-electron chi connectivity index (χ2n) is 5.32. The van der Waals surface area contributed by atoms with Crippen molar-refractivity contribution in [1.82, 2.24) is 9.55 Å². The Bertz CT molecular complexity index is 680. The van der Waals surface area contributed by atoms with Crippen LogP contribution in [0.3, 0.4) is 0 Å². The lowest BCUT2D eigenvalue weighted by molar-refractivity contribution is -0.383. The molecule has 0 aliphatic carbocycles. The maximum Gasteiger partial charge on any atom is 0.295 e. The molecule has 0 aliphatic heterocycles. The summed E-state index contributed by atoms with van der Waals surface area (Å²) in [5.41, 5.74) is 6.29. The highest BCUT2D eigenvalue weighted by Gasteiger charge is 2.24. The van der Waals surface area contributed by atoms with Crippen molar-refractivity contribution < 1.29 is 9.72 Å². The van der Waals surface area contributed by atoms with Gasteiger partial charge in [-0.15, -0.1) is 0 Å². The molecule has 0 saturated heterocycles. The number of fused-ring (bicyclic) bond motifs is 1. The van der Waals surface area contributed by atoms with Crippen LogP contribution in [0.4, 0.5) is 5.69 Å². The van der Waals surface area contributed by atoms with E-state index in [1.54, 1.807) is 16.7 Å². The summed E-state index contributed by atoms with van der Waals surface area (Å²) in [6.45, 7) is 2.11. The molecule has 118 valence electrons. The van der Waals surface area contributed by atoms with Crippen LogP contribution in [0.5, 0.6) is 0 Å². The third-order valence-electron chi connectivity index (χ3n) is 3.76. The van der Waals surface area contributed by atoms with Crippen LogP contribution in [0.2, 0.25) is 0 Å². The molecule has 1 aromatic carbocycles. The van der Waals surface area contributed by atoms with Gasteiger partial charge in [-0.3, -0.25) is 14.9 Å². The maximum absolute atomic E-state index is 11.8. The van der Waals surface area contributed by atoms with Crippen molar-refractivity contribution in [1.29, 1.82) is 0 Å². The number of non-ortho nitro benzene ring substituents is 1. The van der Waals surface area contributed by atoms with Gasteiger partial charge in [0, 0.05) is 6.07 Å². The predicted molar refractivity (Wildman–Crippen MR) is 83.4 cm³/mol. The molecule has 7 nitrogen and oxygen atoms in total. The monoisotopic (exact) mass is 304 g/mol. The summed E-state index contributed by atoms with van der Waals surface area (Å²) in [5.74, 6) is -0.492. The zero-order valence-electron chi connectivity index (χ0n) is 12.6. The number of aromatic nitrogens is 2. The number of nitro groups is 1. The quantitative estimate of drug-likeness (QED) is 0.460. The Morgan fingerprint density at radius 2 is 2.18 bits per heavy atom. The van der Waals surface area contributed by atoms with Crippen molar-refractivity contribution in [3.8, 4) is 0 Å². The van der Waals surface area contributed by atoms with Gasteiger partial charge in [0.15, 0.2) is 0 Å². The number of benzene rings is 1. The summed E-state index contributed by atoms with van der Waals surface area (Å²) >= 11 is 0. The van der Waals surface area contributed by atoms with Gasteiger partial charge in [-0.2, -0.15) is 0 Å². The van der Waals surface area contributed by atoms with Crippen molar-refractivity contribution in [2.75, 3.05) is 0 Å². The average molecular weight is 304 g/mol. The fourth-order valence-corrected chi connectivity index (χ4v) is 2.64. The summed E-state index contributed by atoms with van der Waals surface area (Å²) in [6, 6.07) is 4.07. The number of nitrogens with two attached hydrogens (primary N) is 1. The van der Waals surface area contributed by atoms with Gasteiger partial charge in [-0.05, 0) is 12.5 Å². The van der Waals surface area contributed by atoms with E-state index in [1.807, 2.05) is 0 Å². The number of carbonyl (C=O) groups excluding carboxylic acids is 1. The maximum atomic E-state index is 11.8. The molecule has 0 saturated carbocycles. The minimum Gasteiger partial charge on any atom is -0.368 e. The van der Waals surface area contributed by atoms with Gasteiger partial charge < -0.3 is 10.3 Å². The lowest BCUT2D eigenvalue weighted by Gasteiger charge is -2.15. The highest BCUT2D eigenvalue weighted by molar-refractivity contribution is 5.88. The molecule has 2 N–H and O–H groups in total. The van der Waals surface area contributed by atoms with Gasteiger partial charge in [0.1, 0.15) is 11.6 Å². The summed E-state index contributed by atoms with van der Waals surface area (Å²) in [6.07, 6.45) is 6.08. The third kappa shape index (κ3) is 3.24. The van der Waals surface area contributed by atoms with Gasteiger partial charge in [0.05, 0.1) is 16.8 Å². The second-order valence-corrected chi connectivity index (χ2v) is 5.32. The lowest BCUT2D eigenvalue weighted by atomic mass is 10.1. The number of nitro benzene ring substituents is 1. The van der Waals surface area contributed by atoms with E-state index in [9.17, 15) is 14.9 Å². The van der Waals surface area contributed by atoms with E-state index in [2.05, 4.69) is 11.9 Å². The fourth-order valence-electron chi connectivity index (χ4n) is 2.64. The number of hydrogen-bond donors (Lipinski definition) is 1. The van der Waals surface area contributed by atoms with Crippen molar-refractivity contribution in [3.63, 3.8) is 0 Å². The Kier molecular flexibility index (Phi) is 5.08. The molecule has 1 aromatic heterocycles. The number of nitrogens with zero attached hydrogens (tertiary/aromatic N) is 3. The van der Waals surface area contributed by atoms with Crippen LogP contribution in [0.1, 0.15) is 45.1 Å². The summed E-state index contributed by atoms with van der Waals surface area (Å²) in [5, 5.41) is 11.2. The standard InChI is InChI=1S/C15H20N4O3/c1-2-3-4-5-8-13(15(16)20)18-10-17-11-7-6-9-12(14(11)18)19(21)22/h6-7,9-10,13H,2-5,8H2,1H3,(H2,16,20). The number of primary amides is 1. The van der Waals surface area contributed by atoms with Crippen molar-refractivity contribution in [2.45, 2.75) is 45.1 Å². The van der Waals surface area contributed by atoms with Crippen molar-refractivity contribution >= 4 is 22.6 Å². The molecular weight excluding hydrogens is 284 g/mol. The number of unbranched alkanes of at least 4 members (excludes halogenated alkanes) is 3. The van der Waals surface area contributed by atoms with E-state index in [-0.39, 0.29) is 5.69 Å². The molecule has 0 bridgehead atoms. The van der Waals surface area contributed by atoms with Crippen molar-refractivity contribution in [3.05, 3.63) is 34.6 Å². The molecule has 1 atom stereocenters. The molecule has 22 heavy (non-hydrogen) atoms. The van der Waals surface area contributed by atoms with Crippen LogP contribution in [0.25, 0.3) is 11.0 Å². The minimum absolute atomic E-state index is 0.0604. The Labute approximate surface area is 128 Å². The smallest absolute Gasteiger partial charge is 0.295 e. The largest absolute Gasteiger partial charge is 0.368 e. The van der Waals surface area contributed by atoms with Crippen LogP contribution < -0.4 is 5.73 Å². The Morgan fingerprint density at radius 1 is 1.41 bits per heavy atom. The number of rotatable bonds is 8. The van der Waals surface area contributed by atoms with Gasteiger partial charge in [-0.1, -0.05) is 38.7 Å². The highest BCUT2D eigenvalue weighted by Crippen LogP contribution is 2.29. The number of para-hydroxylation sites is 1. The third-order valence-corrected chi connectivity index (χ3v) is 3.76. The van der Waals surface area contributed by atoms with Crippen LogP contribution >= 0.6 is 0 Å². The number of hydrogen-bond acceptors (Lipinski definition) is 4. The molecule has 1 unspecified atom stereocenters. The summed E-state index contributed by atoms with van der Waals surface area (Å²) in [4.78, 5) is 26.7. The van der Waals surface area contributed by atoms with Gasteiger partial charge in [-0.25, -0.2) is 4.98 Å². The first-order chi connectivity index (χ1) is 10.6. The molecule has 2 rings (SSSR count). The van der Waals surface area contributed by atoms with Crippen LogP contribution in [0, 0.1) is 10.1 Å². The molecular formula is C15H20N4O3. The Balaban J connectivity index is 2.37. The van der Waals surface area contributed by atoms with E-state index in [4.69, 9.17) is 5.73 Å². The summed E-state index contributed by atoms with van der Waals surface area (Å²) in [7, 11) is 0. The lowest BCUT2D eigenvalue weighted by Crippen LogP contribution is -2.26. The molecule has 2 aromatic rings. The first-order valence-corrected chi connectivity index (χ1v) is 7.45. The molecule has 0 fully saturated rings. The van der Waals surface area contributed by atoms with E-state index < -0.39 is 16.9 Å². The SMILES string of the molecule is CCCCCCC(C(N)=O)n1cnc2cccc([N+](=O)[O-])c21. The Hall–Kier alpha value is -2.44. The molecule has 1 heterocycles. The first kappa shape index (κ1) is 15.9. The minimum atomic E-state index is -0.608. The predicted octanol–water partition coefficient (Wildman–Crippen LogP) is 2.94. The van der Waals surface area contributed by atoms with Crippen LogP contribution in [-0.4, -0.2) is 20.4 Å². The molecule has 0 aliphatic rings. The topological polar surface area (TPSA) is 104 Å². The van der Waals surface area contributed by atoms with Crippen LogP contribution in [-0.2, 0) is 4.79 Å². The van der Waals surface area contributed by atoms with Gasteiger partial charge >= 0.3 is 0 Å². The molecule has 7 heteroatoms. The van der Waals surface area contributed by atoms with Gasteiger partial charge in [0.25, 0.3) is 5.69 Å². The molecule has 0 radical (unpaired) electrons. The fraction of sp³-hybridized carbons (Fsp3) is 0.467. The van der Waals surface area contributed by atoms with E-state index >= 15 is 0 Å². The molecule has 1 amide bonds. The second kappa shape index (κ2) is 7.02. The summed E-state index contributed by atoms with van der Waals surface area (Å²) < 4.78 is 1.54. The highest BCUT2D eigenvalue weighted by atomic mass is 16.6. The van der Waals surface area contributed by atoms with E-state index in [1.165, 1.54) is 12.4 Å². The Morgan fingerprint density at radius 3 is 2.82 bits per heavy atom. The van der Waals surface area contributed by atoms with Crippen LogP contribution in [0.15, 0.2) is 24.5 Å². The van der Waals surface area contributed by atoms with Crippen molar-refractivity contribution in [2.24, 2.45) is 5.73 Å². The zero-order chi connectivity index (χ0) is 16.1. The first-order valence-electron chi connectivity index (χ1n) is 7.45. The normalized spacial score (nSPS) is 12.4. The van der Waals surface area contributed by atoms with E-state index in [0.29, 0.717) is 17.5 Å². The molecule has 0 spiro atoms. The number of imidazole rings is 1. The average Bonchev–Trinajstić information content (AvgIpc) is 2.90. The number of amides is 1. The van der Waals surface area contributed by atoms with Gasteiger partial charge in [0.2, 0.25) is 5.91 Å². The van der Waals surface area contributed by atoms with E-state index in [0.717, 1.165) is 25.7 Å².